The number of halogens is 1. The number of pyridine rings is 1. The van der Waals surface area contributed by atoms with Gasteiger partial charge in [0.25, 0.3) is 0 Å². The van der Waals surface area contributed by atoms with Crippen molar-refractivity contribution in [2.45, 2.75) is 58.2 Å². The minimum atomic E-state index is -1.13. The number of aryl methyl sites for hydroxylation is 1. The molecule has 0 radical (unpaired) electrons. The Hall–Kier alpha value is -3.11. The number of ether oxygens (including phenoxy) is 2. The lowest BCUT2D eigenvalue weighted by Gasteiger charge is -2.43. The van der Waals surface area contributed by atoms with Crippen molar-refractivity contribution < 1.29 is 23.5 Å². The molecular formula is C23H23FN2O4. The van der Waals surface area contributed by atoms with Gasteiger partial charge >= 0.3 is 0 Å². The van der Waals surface area contributed by atoms with Crippen LogP contribution in [0.25, 0.3) is 0 Å². The number of hydrogen-bond donors (Lipinski definition) is 0. The minimum Gasteiger partial charge on any atom is -0.439 e. The van der Waals surface area contributed by atoms with Crippen molar-refractivity contribution >= 4 is 11.6 Å². The van der Waals surface area contributed by atoms with Crippen molar-refractivity contribution in [3.63, 3.8) is 0 Å². The molecule has 0 spiro atoms. The van der Waals surface area contributed by atoms with E-state index in [9.17, 15) is 14.0 Å². The van der Waals surface area contributed by atoms with Crippen LogP contribution in [0.1, 0.15) is 57.2 Å². The summed E-state index contributed by atoms with van der Waals surface area (Å²) in [4.78, 5) is 29.9. The van der Waals surface area contributed by atoms with E-state index in [1.54, 1.807) is 45.9 Å². The first-order valence-corrected chi connectivity index (χ1v) is 9.65. The summed E-state index contributed by atoms with van der Waals surface area (Å²) in [6.07, 6.45) is 0.602. The highest BCUT2D eigenvalue weighted by Crippen LogP contribution is 2.40. The van der Waals surface area contributed by atoms with Crippen LogP contribution in [0.3, 0.4) is 0 Å². The van der Waals surface area contributed by atoms with Gasteiger partial charge in [0.2, 0.25) is 11.8 Å². The Labute approximate surface area is 174 Å². The zero-order valence-corrected chi connectivity index (χ0v) is 17.6. The second-order valence-corrected chi connectivity index (χ2v) is 8.23. The van der Waals surface area contributed by atoms with Gasteiger partial charge in [0.1, 0.15) is 22.9 Å². The molecule has 0 saturated carbocycles. The van der Waals surface area contributed by atoms with Crippen LogP contribution in [0.5, 0.6) is 11.6 Å². The van der Waals surface area contributed by atoms with E-state index in [1.165, 1.54) is 6.07 Å². The Morgan fingerprint density at radius 3 is 2.33 bits per heavy atom. The Balaban J connectivity index is 2.07. The van der Waals surface area contributed by atoms with Gasteiger partial charge in [-0.3, -0.25) is 9.59 Å². The zero-order chi connectivity index (χ0) is 22.3. The number of nitrogens with zero attached hydrogens (tertiary/aromatic N) is 2. The average molecular weight is 410 g/mol. The summed E-state index contributed by atoms with van der Waals surface area (Å²) in [5, 5.41) is 9.00. The highest BCUT2D eigenvalue weighted by molar-refractivity contribution is 6.15. The van der Waals surface area contributed by atoms with Crippen molar-refractivity contribution in [3.05, 3.63) is 53.0 Å². The molecule has 2 aromatic rings. The van der Waals surface area contributed by atoms with Gasteiger partial charge in [-0.25, -0.2) is 0 Å². The lowest BCUT2D eigenvalue weighted by Crippen LogP contribution is -2.58. The van der Waals surface area contributed by atoms with Gasteiger partial charge in [-0.05, 0) is 57.4 Å². The van der Waals surface area contributed by atoms with E-state index in [1.807, 2.05) is 13.0 Å². The standard InChI is InChI=1S/C23H23FN2O4/c1-6-14-7-8-15(29-18-10-13(12-25)9-17(24)26-18)11-16(14)19-20(27)22(2,3)30-23(4,5)21(19)28/h7-11,19H,6H2,1-5H3. The molecule has 0 amide bonds. The van der Waals surface area contributed by atoms with E-state index < -0.39 is 23.1 Å². The van der Waals surface area contributed by atoms with Gasteiger partial charge in [-0.15, -0.1) is 0 Å². The molecule has 0 aliphatic carbocycles. The number of Topliss-reactive ketones (excluding diaryl/α,β-unsaturated/α-hetero) is 2. The van der Waals surface area contributed by atoms with E-state index in [4.69, 9.17) is 14.7 Å². The second kappa shape index (κ2) is 7.62. The number of carbonyl (C=O) groups is 2. The normalized spacial score (nSPS) is 18.2. The Kier molecular flexibility index (Phi) is 5.48. The van der Waals surface area contributed by atoms with E-state index in [0.717, 1.165) is 11.6 Å². The third-order valence-corrected chi connectivity index (χ3v) is 5.15. The average Bonchev–Trinajstić information content (AvgIpc) is 2.66. The summed E-state index contributed by atoms with van der Waals surface area (Å²) in [7, 11) is 0. The molecule has 1 aliphatic heterocycles. The summed E-state index contributed by atoms with van der Waals surface area (Å²) in [5.74, 6) is -2.30. The van der Waals surface area contributed by atoms with E-state index >= 15 is 0 Å². The molecule has 2 heterocycles. The molecular weight excluding hydrogens is 387 g/mol. The summed E-state index contributed by atoms with van der Waals surface area (Å²) in [5.41, 5.74) is -0.828. The summed E-state index contributed by atoms with van der Waals surface area (Å²) in [6.45, 7) is 8.55. The van der Waals surface area contributed by atoms with Gasteiger partial charge in [-0.2, -0.15) is 14.6 Å². The molecule has 1 saturated heterocycles. The number of rotatable bonds is 4. The summed E-state index contributed by atoms with van der Waals surface area (Å²) >= 11 is 0. The zero-order valence-electron chi connectivity index (χ0n) is 17.6. The molecule has 7 heteroatoms. The van der Waals surface area contributed by atoms with Gasteiger partial charge in [0, 0.05) is 12.1 Å². The molecule has 0 N–H and O–H groups in total. The van der Waals surface area contributed by atoms with Crippen molar-refractivity contribution in [1.82, 2.24) is 4.98 Å². The monoisotopic (exact) mass is 410 g/mol. The Bertz CT molecular complexity index is 1040. The fraction of sp³-hybridized carbons (Fsp3) is 0.391. The Morgan fingerprint density at radius 1 is 1.13 bits per heavy atom. The van der Waals surface area contributed by atoms with Crippen LogP contribution < -0.4 is 4.74 Å². The number of carbonyl (C=O) groups excluding carboxylic acids is 2. The van der Waals surface area contributed by atoms with Gasteiger partial charge in [-0.1, -0.05) is 13.0 Å². The number of hydrogen-bond acceptors (Lipinski definition) is 6. The molecule has 1 aromatic carbocycles. The molecule has 1 fully saturated rings. The summed E-state index contributed by atoms with van der Waals surface area (Å²) < 4.78 is 25.0. The van der Waals surface area contributed by atoms with Crippen LogP contribution in [0.2, 0.25) is 0 Å². The fourth-order valence-electron chi connectivity index (χ4n) is 3.77. The Morgan fingerprint density at radius 2 is 1.77 bits per heavy atom. The van der Waals surface area contributed by atoms with E-state index in [-0.39, 0.29) is 28.8 Å². The number of nitriles is 1. The van der Waals surface area contributed by atoms with Crippen LogP contribution in [0.15, 0.2) is 30.3 Å². The van der Waals surface area contributed by atoms with Crippen molar-refractivity contribution in [3.8, 4) is 17.7 Å². The number of benzene rings is 1. The topological polar surface area (TPSA) is 89.3 Å². The molecule has 0 unspecified atom stereocenters. The summed E-state index contributed by atoms with van der Waals surface area (Å²) in [6, 6.07) is 9.19. The number of ketones is 2. The fourth-order valence-corrected chi connectivity index (χ4v) is 3.77. The molecule has 6 nitrogen and oxygen atoms in total. The third-order valence-electron chi connectivity index (χ3n) is 5.15. The SMILES string of the molecule is CCc1ccc(Oc2cc(C#N)cc(F)n2)cc1C1C(=O)C(C)(C)OC(C)(C)C1=O. The van der Waals surface area contributed by atoms with Crippen molar-refractivity contribution in [1.29, 1.82) is 5.26 Å². The molecule has 30 heavy (non-hydrogen) atoms. The lowest BCUT2D eigenvalue weighted by atomic mass is 9.73. The van der Waals surface area contributed by atoms with Crippen molar-refractivity contribution in [2.75, 3.05) is 0 Å². The molecule has 1 aromatic heterocycles. The first kappa shape index (κ1) is 21.6. The largest absolute Gasteiger partial charge is 0.439 e. The van der Waals surface area contributed by atoms with Gasteiger partial charge < -0.3 is 9.47 Å². The smallest absolute Gasteiger partial charge is 0.223 e. The third kappa shape index (κ3) is 3.96. The minimum absolute atomic E-state index is 0.0705. The quantitative estimate of drug-likeness (QED) is 0.553. The van der Waals surface area contributed by atoms with Crippen LogP contribution in [0.4, 0.5) is 4.39 Å². The maximum absolute atomic E-state index is 13.6. The van der Waals surface area contributed by atoms with Gasteiger partial charge in [0.05, 0.1) is 11.6 Å². The molecule has 156 valence electrons. The number of aromatic nitrogens is 1. The van der Waals surface area contributed by atoms with Crippen molar-refractivity contribution in [2.24, 2.45) is 0 Å². The first-order valence-electron chi connectivity index (χ1n) is 9.65. The molecule has 0 atom stereocenters. The lowest BCUT2D eigenvalue weighted by molar-refractivity contribution is -0.184. The maximum atomic E-state index is 13.6. The van der Waals surface area contributed by atoms with Crippen LogP contribution in [-0.4, -0.2) is 27.8 Å². The maximum Gasteiger partial charge on any atom is 0.223 e. The van der Waals surface area contributed by atoms with E-state index in [2.05, 4.69) is 4.98 Å². The molecule has 1 aliphatic rings. The van der Waals surface area contributed by atoms with Crippen LogP contribution >= 0.6 is 0 Å². The van der Waals surface area contributed by atoms with Crippen LogP contribution in [0, 0.1) is 17.3 Å². The second-order valence-electron chi connectivity index (χ2n) is 8.23. The molecule has 0 bridgehead atoms. The predicted molar refractivity (Wildman–Crippen MR) is 107 cm³/mol. The van der Waals surface area contributed by atoms with Gasteiger partial charge in [0.15, 0.2) is 11.6 Å². The van der Waals surface area contributed by atoms with Crippen LogP contribution in [-0.2, 0) is 20.7 Å². The highest BCUT2D eigenvalue weighted by atomic mass is 19.1. The molecule has 3 rings (SSSR count). The van der Waals surface area contributed by atoms with E-state index in [0.29, 0.717) is 12.0 Å². The predicted octanol–water partition coefficient (Wildman–Crippen LogP) is 4.26. The highest BCUT2D eigenvalue weighted by Gasteiger charge is 2.53. The first-order chi connectivity index (χ1) is 14.0.